The molecule has 0 saturated carbocycles. The molecular formula is C26H20F7N5O3. The number of nitrogens with zero attached hydrogens (tertiary/aromatic N) is 5. The van der Waals surface area contributed by atoms with Gasteiger partial charge in [-0.15, -0.1) is 10.2 Å². The zero-order chi connectivity index (χ0) is 29.4. The fourth-order valence-electron chi connectivity index (χ4n) is 4.32. The first-order valence-electron chi connectivity index (χ1n) is 12.2. The maximum absolute atomic E-state index is 13.7. The summed E-state index contributed by atoms with van der Waals surface area (Å²) in [5.74, 6) is -1.66. The normalized spacial score (nSPS) is 15.8. The largest absolute Gasteiger partial charge is 0.417 e. The number of rotatable bonds is 7. The monoisotopic (exact) mass is 583 g/mol. The molecule has 216 valence electrons. The number of ether oxygens (including phenoxy) is 1. The lowest BCUT2D eigenvalue weighted by atomic mass is 10.00. The molecule has 1 aliphatic heterocycles. The van der Waals surface area contributed by atoms with Gasteiger partial charge in [-0.2, -0.15) is 31.4 Å². The van der Waals surface area contributed by atoms with Gasteiger partial charge in [-0.3, -0.25) is 9.48 Å². The highest BCUT2D eigenvalue weighted by Gasteiger charge is 2.38. The fraction of sp³-hybridized carbons (Fsp3) is 0.308. The van der Waals surface area contributed by atoms with Crippen LogP contribution in [0.2, 0.25) is 0 Å². The number of hydrogen-bond donors (Lipinski definition) is 0. The minimum absolute atomic E-state index is 0.0197. The molecule has 0 spiro atoms. The Bertz CT molecular complexity index is 1520. The molecular weight excluding hydrogens is 563 g/mol. The molecule has 2 aromatic carbocycles. The van der Waals surface area contributed by atoms with Gasteiger partial charge in [0.25, 0.3) is 5.89 Å². The zero-order valence-electron chi connectivity index (χ0n) is 20.9. The Morgan fingerprint density at radius 3 is 2.41 bits per heavy atom. The van der Waals surface area contributed by atoms with Gasteiger partial charge in [-0.05, 0) is 54.4 Å². The molecule has 1 unspecified atom stereocenters. The van der Waals surface area contributed by atoms with Crippen LogP contribution in [0.15, 0.2) is 59.1 Å². The molecule has 0 bridgehead atoms. The molecule has 41 heavy (non-hydrogen) atoms. The quantitative estimate of drug-likeness (QED) is 0.254. The number of benzene rings is 2. The van der Waals surface area contributed by atoms with Crippen molar-refractivity contribution in [2.45, 2.75) is 37.8 Å². The predicted molar refractivity (Wildman–Crippen MR) is 128 cm³/mol. The lowest BCUT2D eigenvalue weighted by Gasteiger charge is -2.23. The van der Waals surface area contributed by atoms with E-state index in [1.165, 1.54) is 12.1 Å². The van der Waals surface area contributed by atoms with Crippen LogP contribution in [-0.4, -0.2) is 39.1 Å². The van der Waals surface area contributed by atoms with E-state index in [1.54, 1.807) is 16.9 Å². The third-order valence-electron chi connectivity index (χ3n) is 6.39. The molecule has 0 N–H and O–H groups in total. The summed E-state index contributed by atoms with van der Waals surface area (Å²) in [7, 11) is 0. The summed E-state index contributed by atoms with van der Waals surface area (Å²) in [6.45, 7) is 0.686. The van der Waals surface area contributed by atoms with Crippen LogP contribution in [0.25, 0.3) is 11.6 Å². The van der Waals surface area contributed by atoms with Crippen LogP contribution in [0.4, 0.5) is 36.4 Å². The summed E-state index contributed by atoms with van der Waals surface area (Å²) in [6, 6.07) is 7.24. The highest BCUT2D eigenvalue weighted by molar-refractivity contribution is 5.94. The first-order valence-corrected chi connectivity index (χ1v) is 12.2. The molecule has 0 radical (unpaired) electrons. The maximum Gasteiger partial charge on any atom is 0.416 e. The molecule has 1 aliphatic rings. The number of amides is 1. The van der Waals surface area contributed by atoms with Crippen molar-refractivity contribution in [3.05, 3.63) is 83.1 Å². The standard InChI is InChI=1S/C26H20F7N5O3/c27-17-3-5-18(6-4-17)37(23(39)11-15-1-2-16(25(28,29)30)12-20(15)26(31,32)33)13-22-34-35-24(41-22)21-7-9-38(36-21)19-8-10-40-14-19/h1-7,9,12,19H,8,10-11,13-14H2. The lowest BCUT2D eigenvalue weighted by molar-refractivity contribution is -0.143. The topological polar surface area (TPSA) is 86.3 Å². The Hall–Kier alpha value is -4.27. The van der Waals surface area contributed by atoms with E-state index in [0.717, 1.165) is 23.5 Å². The van der Waals surface area contributed by atoms with E-state index in [4.69, 9.17) is 9.15 Å². The van der Waals surface area contributed by atoms with Gasteiger partial charge in [0.15, 0.2) is 0 Å². The third-order valence-corrected chi connectivity index (χ3v) is 6.39. The number of anilines is 1. The summed E-state index contributed by atoms with van der Waals surface area (Å²) in [5.41, 5.74) is -3.34. The van der Waals surface area contributed by atoms with Gasteiger partial charge in [-0.1, -0.05) is 6.07 Å². The third kappa shape index (κ3) is 6.39. The number of carbonyl (C=O) groups is 1. The Morgan fingerprint density at radius 1 is 1.00 bits per heavy atom. The van der Waals surface area contributed by atoms with E-state index in [-0.39, 0.29) is 29.6 Å². The molecule has 1 atom stereocenters. The number of aromatic nitrogens is 4. The molecule has 2 aromatic heterocycles. The van der Waals surface area contributed by atoms with Gasteiger partial charge in [-0.25, -0.2) is 4.39 Å². The van der Waals surface area contributed by atoms with Crippen molar-refractivity contribution < 1.29 is 44.7 Å². The van der Waals surface area contributed by atoms with Crippen molar-refractivity contribution >= 4 is 11.6 Å². The number of carbonyl (C=O) groups excluding carboxylic acids is 1. The van der Waals surface area contributed by atoms with Crippen molar-refractivity contribution in [3.8, 4) is 11.6 Å². The maximum atomic E-state index is 13.7. The first kappa shape index (κ1) is 28.3. The van der Waals surface area contributed by atoms with E-state index >= 15 is 0 Å². The molecule has 5 rings (SSSR count). The second-order valence-electron chi connectivity index (χ2n) is 9.20. The smallest absolute Gasteiger partial charge is 0.416 e. The van der Waals surface area contributed by atoms with E-state index in [1.807, 2.05) is 0 Å². The molecule has 15 heteroatoms. The van der Waals surface area contributed by atoms with Crippen LogP contribution in [-0.2, 0) is 34.8 Å². The van der Waals surface area contributed by atoms with Crippen LogP contribution in [0.1, 0.15) is 35.0 Å². The van der Waals surface area contributed by atoms with Crippen LogP contribution in [0.3, 0.4) is 0 Å². The fourth-order valence-corrected chi connectivity index (χ4v) is 4.32. The van der Waals surface area contributed by atoms with Crippen molar-refractivity contribution in [1.29, 1.82) is 0 Å². The van der Waals surface area contributed by atoms with E-state index < -0.39 is 53.7 Å². The summed E-state index contributed by atoms with van der Waals surface area (Å²) < 4.78 is 106. The first-order chi connectivity index (χ1) is 19.4. The highest BCUT2D eigenvalue weighted by Crippen LogP contribution is 2.38. The van der Waals surface area contributed by atoms with Gasteiger partial charge in [0, 0.05) is 18.5 Å². The molecule has 1 amide bonds. The van der Waals surface area contributed by atoms with Gasteiger partial charge >= 0.3 is 12.4 Å². The number of halogens is 7. The summed E-state index contributed by atoms with van der Waals surface area (Å²) in [5, 5.41) is 12.2. The molecule has 4 aromatic rings. The second kappa shape index (κ2) is 11.0. The summed E-state index contributed by atoms with van der Waals surface area (Å²) in [4.78, 5) is 14.3. The van der Waals surface area contributed by atoms with Gasteiger partial charge < -0.3 is 14.1 Å². The Kier molecular flexibility index (Phi) is 7.55. The van der Waals surface area contributed by atoms with Crippen LogP contribution in [0.5, 0.6) is 0 Å². The Morgan fingerprint density at radius 2 is 1.76 bits per heavy atom. The van der Waals surface area contributed by atoms with Crippen molar-refractivity contribution in [1.82, 2.24) is 20.0 Å². The summed E-state index contributed by atoms with van der Waals surface area (Å²) >= 11 is 0. The molecule has 3 heterocycles. The highest BCUT2D eigenvalue weighted by atomic mass is 19.4. The molecule has 1 saturated heterocycles. The average Bonchev–Trinajstić information content (AvgIpc) is 3.68. The van der Waals surface area contributed by atoms with E-state index in [0.29, 0.717) is 31.0 Å². The molecule has 1 fully saturated rings. The van der Waals surface area contributed by atoms with Crippen molar-refractivity contribution in [2.24, 2.45) is 0 Å². The zero-order valence-corrected chi connectivity index (χ0v) is 20.9. The minimum atomic E-state index is -5.16. The van der Waals surface area contributed by atoms with Gasteiger partial charge in [0.05, 0.1) is 30.2 Å². The van der Waals surface area contributed by atoms with Crippen molar-refractivity contribution in [2.75, 3.05) is 18.1 Å². The van der Waals surface area contributed by atoms with Crippen LogP contribution >= 0.6 is 0 Å². The number of alkyl halides is 6. The SMILES string of the molecule is O=C(Cc1ccc(C(F)(F)F)cc1C(F)(F)F)N(Cc1nnc(-c2ccn(C3CCOC3)n2)o1)c1ccc(F)cc1. The van der Waals surface area contributed by atoms with E-state index in [2.05, 4.69) is 15.3 Å². The number of hydrogen-bond acceptors (Lipinski definition) is 6. The van der Waals surface area contributed by atoms with Gasteiger partial charge in [0.1, 0.15) is 18.1 Å². The van der Waals surface area contributed by atoms with Crippen LogP contribution in [0, 0.1) is 5.82 Å². The molecule has 0 aliphatic carbocycles. The average molecular weight is 583 g/mol. The molecule has 8 nitrogen and oxygen atoms in total. The van der Waals surface area contributed by atoms with Crippen molar-refractivity contribution in [3.63, 3.8) is 0 Å². The lowest BCUT2D eigenvalue weighted by Crippen LogP contribution is -2.32. The van der Waals surface area contributed by atoms with Gasteiger partial charge in [0.2, 0.25) is 11.8 Å². The van der Waals surface area contributed by atoms with E-state index in [9.17, 15) is 35.5 Å². The second-order valence-corrected chi connectivity index (χ2v) is 9.20. The Balaban J connectivity index is 1.41. The summed E-state index contributed by atoms with van der Waals surface area (Å²) in [6.07, 6.45) is -8.60. The Labute approximate surface area is 227 Å². The minimum Gasteiger partial charge on any atom is -0.417 e. The predicted octanol–water partition coefficient (Wildman–Crippen LogP) is 5.85. The van der Waals surface area contributed by atoms with Crippen LogP contribution < -0.4 is 4.90 Å².